The number of benzene rings is 1. The fraction of sp³-hybridized carbons (Fsp3) is 0.200. The van der Waals surface area contributed by atoms with Gasteiger partial charge in [-0.1, -0.05) is 11.8 Å². The maximum absolute atomic E-state index is 10.7. The first kappa shape index (κ1) is 15.0. The van der Waals surface area contributed by atoms with Gasteiger partial charge in [0, 0.05) is 17.0 Å². The van der Waals surface area contributed by atoms with Crippen LogP contribution in [0.5, 0.6) is 5.75 Å². The van der Waals surface area contributed by atoms with E-state index in [1.165, 1.54) is 12.1 Å². The Hall–Kier alpha value is -2.36. The van der Waals surface area contributed by atoms with E-state index in [1.807, 2.05) is 12.1 Å². The minimum absolute atomic E-state index is 0.0651. The third-order valence-corrected chi connectivity index (χ3v) is 3.69. The van der Waals surface area contributed by atoms with Gasteiger partial charge < -0.3 is 10.5 Å². The molecular weight excluding hydrogens is 288 g/mol. The maximum atomic E-state index is 10.7. The summed E-state index contributed by atoms with van der Waals surface area (Å²) in [5.74, 6) is 6.41. The summed E-state index contributed by atoms with van der Waals surface area (Å²) < 4.78 is 5.69. The van der Waals surface area contributed by atoms with Crippen molar-refractivity contribution in [1.82, 2.24) is 0 Å². The van der Waals surface area contributed by atoms with Crippen molar-refractivity contribution < 1.29 is 9.66 Å². The van der Waals surface area contributed by atoms with Crippen LogP contribution in [0.1, 0.15) is 15.3 Å². The highest BCUT2D eigenvalue weighted by Gasteiger charge is 2.09. The summed E-state index contributed by atoms with van der Waals surface area (Å²) in [5.41, 5.74) is 6.13. The van der Waals surface area contributed by atoms with Crippen LogP contribution in [0, 0.1) is 28.9 Å². The van der Waals surface area contributed by atoms with Crippen LogP contribution >= 0.6 is 11.3 Å². The van der Waals surface area contributed by atoms with Gasteiger partial charge in [0.25, 0.3) is 5.69 Å². The van der Waals surface area contributed by atoms with Crippen LogP contribution in [0.2, 0.25) is 0 Å². The Morgan fingerprint density at radius 3 is 2.86 bits per heavy atom. The molecule has 0 saturated heterocycles. The van der Waals surface area contributed by atoms with Crippen molar-refractivity contribution in [3.05, 3.63) is 55.8 Å². The van der Waals surface area contributed by atoms with Crippen molar-refractivity contribution in [2.75, 3.05) is 6.54 Å². The molecule has 2 rings (SSSR count). The number of thiophene rings is 1. The molecule has 2 aromatic rings. The summed E-state index contributed by atoms with van der Waals surface area (Å²) in [6, 6.07) is 8.44. The van der Waals surface area contributed by atoms with E-state index in [9.17, 15) is 10.1 Å². The molecule has 0 bridgehead atoms. The van der Waals surface area contributed by atoms with E-state index in [4.69, 9.17) is 10.5 Å². The molecular formula is C15H14N2O3S. The van der Waals surface area contributed by atoms with Gasteiger partial charge in [0.2, 0.25) is 0 Å². The molecule has 0 atom stereocenters. The third kappa shape index (κ3) is 4.05. The van der Waals surface area contributed by atoms with Gasteiger partial charge in [0.15, 0.2) is 0 Å². The van der Waals surface area contributed by atoms with Gasteiger partial charge >= 0.3 is 0 Å². The van der Waals surface area contributed by atoms with E-state index in [1.54, 1.807) is 24.3 Å². The topological polar surface area (TPSA) is 78.4 Å². The van der Waals surface area contributed by atoms with Crippen molar-refractivity contribution in [3.8, 4) is 17.6 Å². The van der Waals surface area contributed by atoms with E-state index in [-0.39, 0.29) is 5.69 Å². The lowest BCUT2D eigenvalue weighted by Crippen LogP contribution is -1.96. The van der Waals surface area contributed by atoms with Crippen molar-refractivity contribution >= 4 is 17.0 Å². The minimum Gasteiger partial charge on any atom is -0.488 e. The molecule has 6 heteroatoms. The van der Waals surface area contributed by atoms with Gasteiger partial charge in [0.05, 0.1) is 16.3 Å². The average Bonchev–Trinajstić information content (AvgIpc) is 2.91. The first-order valence-electron chi connectivity index (χ1n) is 6.25. The highest BCUT2D eigenvalue weighted by Crippen LogP contribution is 2.25. The first-order valence-corrected chi connectivity index (χ1v) is 7.07. The normalized spacial score (nSPS) is 9.81. The van der Waals surface area contributed by atoms with Gasteiger partial charge in [-0.2, -0.15) is 0 Å². The second-order valence-corrected chi connectivity index (χ2v) is 5.44. The number of non-ortho nitro benzene ring substituents is 1. The molecule has 1 aromatic carbocycles. The number of hydrogen-bond acceptors (Lipinski definition) is 5. The van der Waals surface area contributed by atoms with Crippen molar-refractivity contribution in [2.24, 2.45) is 5.73 Å². The Kier molecular flexibility index (Phi) is 4.93. The highest BCUT2D eigenvalue weighted by molar-refractivity contribution is 7.12. The van der Waals surface area contributed by atoms with E-state index < -0.39 is 4.92 Å². The van der Waals surface area contributed by atoms with Crippen LogP contribution in [0.15, 0.2) is 30.3 Å². The molecule has 0 amide bonds. The van der Waals surface area contributed by atoms with E-state index >= 15 is 0 Å². The molecule has 0 unspecified atom stereocenters. The molecule has 0 aliphatic carbocycles. The number of hydrogen-bond donors (Lipinski definition) is 1. The van der Waals surface area contributed by atoms with Crippen LogP contribution in [0.3, 0.4) is 0 Å². The number of ether oxygens (including phenoxy) is 1. The fourth-order valence-corrected chi connectivity index (χ4v) is 2.51. The summed E-state index contributed by atoms with van der Waals surface area (Å²) in [6.45, 7) is 2.54. The molecule has 1 aromatic heterocycles. The number of aryl methyl sites for hydroxylation is 1. The van der Waals surface area contributed by atoms with Gasteiger partial charge in [-0.25, -0.2) is 0 Å². The second kappa shape index (κ2) is 6.88. The lowest BCUT2D eigenvalue weighted by atomic mass is 10.2. The van der Waals surface area contributed by atoms with Crippen LogP contribution < -0.4 is 10.5 Å². The van der Waals surface area contributed by atoms with Crippen molar-refractivity contribution in [3.63, 3.8) is 0 Å². The predicted molar refractivity (Wildman–Crippen MR) is 82.4 cm³/mol. The molecule has 108 valence electrons. The lowest BCUT2D eigenvalue weighted by molar-refractivity contribution is -0.384. The molecule has 0 fully saturated rings. The van der Waals surface area contributed by atoms with Gasteiger partial charge in [-0.15, -0.1) is 11.3 Å². The quantitative estimate of drug-likeness (QED) is 0.535. The largest absolute Gasteiger partial charge is 0.488 e. The smallest absolute Gasteiger partial charge is 0.269 e. The monoisotopic (exact) mass is 302 g/mol. The summed E-state index contributed by atoms with van der Waals surface area (Å²) in [6.07, 6.45) is 0. The summed E-state index contributed by atoms with van der Waals surface area (Å²) in [5, 5.41) is 10.7. The van der Waals surface area contributed by atoms with Gasteiger partial charge in [-0.05, 0) is 30.7 Å². The molecule has 21 heavy (non-hydrogen) atoms. The van der Waals surface area contributed by atoms with E-state index in [2.05, 4.69) is 11.8 Å². The Labute approximate surface area is 126 Å². The first-order chi connectivity index (χ1) is 10.1. The second-order valence-electron chi connectivity index (χ2n) is 4.27. The molecule has 0 aliphatic heterocycles. The maximum Gasteiger partial charge on any atom is 0.269 e. The van der Waals surface area contributed by atoms with E-state index in [0.717, 1.165) is 15.3 Å². The molecule has 0 radical (unpaired) electrons. The third-order valence-electron chi connectivity index (χ3n) is 2.71. The minimum atomic E-state index is -0.418. The average molecular weight is 302 g/mol. The predicted octanol–water partition coefficient (Wildman–Crippen LogP) is 2.85. The number of nitrogens with two attached hydrogens (primary N) is 1. The van der Waals surface area contributed by atoms with Crippen LogP contribution in [0.4, 0.5) is 5.69 Å². The number of nitro groups is 1. The molecule has 2 N–H and O–H groups in total. The molecule has 5 nitrogen and oxygen atoms in total. The van der Waals surface area contributed by atoms with Crippen molar-refractivity contribution in [2.45, 2.75) is 13.5 Å². The zero-order valence-electron chi connectivity index (χ0n) is 11.5. The Morgan fingerprint density at radius 2 is 2.19 bits per heavy atom. The summed E-state index contributed by atoms with van der Waals surface area (Å²) >= 11 is 1.54. The SMILES string of the molecule is Cc1cc([N+](=O)[O-])ccc1OCc1ccc(C#CCN)s1. The summed E-state index contributed by atoms with van der Waals surface area (Å²) in [7, 11) is 0. The van der Waals surface area contributed by atoms with Gasteiger partial charge in [-0.3, -0.25) is 10.1 Å². The van der Waals surface area contributed by atoms with Crippen LogP contribution in [-0.4, -0.2) is 11.5 Å². The molecule has 0 aliphatic rings. The van der Waals surface area contributed by atoms with E-state index in [0.29, 0.717) is 18.9 Å². The fourth-order valence-electron chi connectivity index (χ4n) is 1.72. The number of nitrogens with zero attached hydrogens (tertiary/aromatic N) is 1. The molecule has 0 saturated carbocycles. The Bertz CT molecular complexity index is 713. The molecule has 0 spiro atoms. The standard InChI is InChI=1S/C15H14N2O3S/c1-11-9-12(17(18)19)4-7-15(11)20-10-14-6-5-13(21-14)3-2-8-16/h4-7,9H,8,10,16H2,1H3. The summed E-state index contributed by atoms with van der Waals surface area (Å²) in [4.78, 5) is 12.2. The number of nitro benzene ring substituents is 1. The highest BCUT2D eigenvalue weighted by atomic mass is 32.1. The lowest BCUT2D eigenvalue weighted by Gasteiger charge is -2.07. The zero-order valence-corrected chi connectivity index (χ0v) is 12.3. The molecule has 1 heterocycles. The Balaban J connectivity index is 2.03. The van der Waals surface area contributed by atoms with Crippen LogP contribution in [-0.2, 0) is 6.61 Å². The van der Waals surface area contributed by atoms with Crippen LogP contribution in [0.25, 0.3) is 0 Å². The zero-order chi connectivity index (χ0) is 15.2. The number of rotatable bonds is 4. The van der Waals surface area contributed by atoms with Crippen molar-refractivity contribution in [1.29, 1.82) is 0 Å². The Morgan fingerprint density at radius 1 is 1.38 bits per heavy atom. The van der Waals surface area contributed by atoms with Gasteiger partial charge in [0.1, 0.15) is 12.4 Å².